The number of benzene rings is 2. The first-order valence-electron chi connectivity index (χ1n) is 6.98. The summed E-state index contributed by atoms with van der Waals surface area (Å²) in [4.78, 5) is 4.29. The Labute approximate surface area is 124 Å². The van der Waals surface area contributed by atoms with Crippen molar-refractivity contribution in [2.75, 3.05) is 13.2 Å². The van der Waals surface area contributed by atoms with E-state index in [1.807, 2.05) is 54.6 Å². The van der Waals surface area contributed by atoms with E-state index < -0.39 is 0 Å². The molecule has 0 unspecified atom stereocenters. The van der Waals surface area contributed by atoms with Crippen LogP contribution in [0, 0.1) is 6.92 Å². The molecule has 0 aliphatic carbocycles. The van der Waals surface area contributed by atoms with E-state index in [1.165, 1.54) is 5.56 Å². The van der Waals surface area contributed by atoms with Crippen molar-refractivity contribution in [3.8, 4) is 11.5 Å². The molecule has 0 spiro atoms. The Morgan fingerprint density at radius 3 is 2.38 bits per heavy atom. The van der Waals surface area contributed by atoms with Crippen molar-refractivity contribution in [2.24, 2.45) is 0 Å². The first-order chi connectivity index (χ1) is 10.3. The molecule has 0 saturated carbocycles. The third-order valence-corrected chi connectivity index (χ3v) is 3.22. The molecule has 0 amide bonds. The average Bonchev–Trinajstić information content (AvgIpc) is 2.53. The van der Waals surface area contributed by atoms with Crippen LogP contribution in [0.25, 0.3) is 10.9 Å². The summed E-state index contributed by atoms with van der Waals surface area (Å²) in [6.07, 6.45) is 1.79. The number of fused-ring (bicyclic) bond motifs is 1. The zero-order valence-electron chi connectivity index (χ0n) is 12.0. The monoisotopic (exact) mass is 279 g/mol. The number of nitrogens with zero attached hydrogens (tertiary/aromatic N) is 1. The topological polar surface area (TPSA) is 31.4 Å². The van der Waals surface area contributed by atoms with Crippen LogP contribution < -0.4 is 9.47 Å². The highest BCUT2D eigenvalue weighted by atomic mass is 16.5. The summed E-state index contributed by atoms with van der Waals surface area (Å²) in [7, 11) is 0. The molecule has 1 heterocycles. The third kappa shape index (κ3) is 3.51. The van der Waals surface area contributed by atoms with E-state index in [-0.39, 0.29) is 0 Å². The van der Waals surface area contributed by atoms with Crippen molar-refractivity contribution in [1.29, 1.82) is 0 Å². The molecule has 3 rings (SSSR count). The second-order valence-electron chi connectivity index (χ2n) is 4.87. The van der Waals surface area contributed by atoms with Crippen LogP contribution in [-0.4, -0.2) is 18.2 Å². The second kappa shape index (κ2) is 6.27. The SMILES string of the molecule is Cc1ccc(OCCOc2ccc3ncccc3c2)cc1. The van der Waals surface area contributed by atoms with E-state index in [2.05, 4.69) is 11.9 Å². The predicted molar refractivity (Wildman–Crippen MR) is 83.9 cm³/mol. The molecule has 106 valence electrons. The molecule has 0 saturated heterocycles. The molecule has 3 heteroatoms. The summed E-state index contributed by atoms with van der Waals surface area (Å²) < 4.78 is 11.3. The minimum absolute atomic E-state index is 0.514. The Morgan fingerprint density at radius 2 is 1.57 bits per heavy atom. The molecule has 0 N–H and O–H groups in total. The van der Waals surface area contributed by atoms with Gasteiger partial charge in [0, 0.05) is 11.6 Å². The Bertz CT molecular complexity index is 723. The van der Waals surface area contributed by atoms with Crippen LogP contribution in [0.4, 0.5) is 0 Å². The fraction of sp³-hybridized carbons (Fsp3) is 0.167. The van der Waals surface area contributed by atoms with Crippen molar-refractivity contribution in [2.45, 2.75) is 6.92 Å². The lowest BCUT2D eigenvalue weighted by Crippen LogP contribution is -2.08. The predicted octanol–water partition coefficient (Wildman–Crippen LogP) is 4.00. The summed E-state index contributed by atoms with van der Waals surface area (Å²) in [6, 6.07) is 17.8. The molecule has 0 aliphatic rings. The van der Waals surface area contributed by atoms with E-state index in [1.54, 1.807) is 6.20 Å². The lowest BCUT2D eigenvalue weighted by molar-refractivity contribution is 0.217. The number of ether oxygens (including phenoxy) is 2. The number of aryl methyl sites for hydroxylation is 1. The number of pyridine rings is 1. The van der Waals surface area contributed by atoms with Gasteiger partial charge in [-0.3, -0.25) is 4.98 Å². The normalized spacial score (nSPS) is 10.5. The van der Waals surface area contributed by atoms with E-state index in [0.717, 1.165) is 22.4 Å². The van der Waals surface area contributed by atoms with Gasteiger partial charge < -0.3 is 9.47 Å². The Balaban J connectivity index is 1.53. The van der Waals surface area contributed by atoms with Gasteiger partial charge in [-0.25, -0.2) is 0 Å². The molecule has 3 aromatic rings. The maximum Gasteiger partial charge on any atom is 0.122 e. The van der Waals surface area contributed by atoms with Crippen LogP contribution in [0.2, 0.25) is 0 Å². The van der Waals surface area contributed by atoms with Gasteiger partial charge in [0.25, 0.3) is 0 Å². The van der Waals surface area contributed by atoms with Crippen molar-refractivity contribution in [3.05, 3.63) is 66.4 Å². The van der Waals surface area contributed by atoms with Crippen LogP contribution in [0.1, 0.15) is 5.56 Å². The first-order valence-corrected chi connectivity index (χ1v) is 6.98. The van der Waals surface area contributed by atoms with Crippen molar-refractivity contribution >= 4 is 10.9 Å². The minimum Gasteiger partial charge on any atom is -0.490 e. The highest BCUT2D eigenvalue weighted by Crippen LogP contribution is 2.19. The van der Waals surface area contributed by atoms with Crippen molar-refractivity contribution < 1.29 is 9.47 Å². The molecule has 0 aliphatic heterocycles. The van der Waals surface area contributed by atoms with Crippen LogP contribution in [-0.2, 0) is 0 Å². The van der Waals surface area contributed by atoms with Gasteiger partial charge in [-0.15, -0.1) is 0 Å². The molecule has 0 radical (unpaired) electrons. The van der Waals surface area contributed by atoms with Gasteiger partial charge in [-0.05, 0) is 43.3 Å². The number of hydrogen-bond acceptors (Lipinski definition) is 3. The summed E-state index contributed by atoms with van der Waals surface area (Å²) in [5.74, 6) is 1.70. The molecule has 21 heavy (non-hydrogen) atoms. The first kappa shape index (κ1) is 13.4. The molecule has 2 aromatic carbocycles. The largest absolute Gasteiger partial charge is 0.490 e. The molecule has 1 aromatic heterocycles. The molecule has 0 atom stereocenters. The van der Waals surface area contributed by atoms with Crippen LogP contribution in [0.3, 0.4) is 0 Å². The Kier molecular flexibility index (Phi) is 4.01. The highest BCUT2D eigenvalue weighted by Gasteiger charge is 1.98. The van der Waals surface area contributed by atoms with Gasteiger partial charge in [-0.2, -0.15) is 0 Å². The Morgan fingerprint density at radius 1 is 0.857 bits per heavy atom. The zero-order chi connectivity index (χ0) is 14.5. The maximum absolute atomic E-state index is 5.71. The molecule has 3 nitrogen and oxygen atoms in total. The van der Waals surface area contributed by atoms with Gasteiger partial charge in [0.05, 0.1) is 5.52 Å². The van der Waals surface area contributed by atoms with Gasteiger partial charge in [-0.1, -0.05) is 23.8 Å². The smallest absolute Gasteiger partial charge is 0.122 e. The molecule has 0 bridgehead atoms. The summed E-state index contributed by atoms with van der Waals surface area (Å²) >= 11 is 0. The highest BCUT2D eigenvalue weighted by molar-refractivity contribution is 5.79. The lowest BCUT2D eigenvalue weighted by atomic mass is 10.2. The summed E-state index contributed by atoms with van der Waals surface area (Å²) in [5, 5.41) is 1.08. The quantitative estimate of drug-likeness (QED) is 0.661. The number of hydrogen-bond donors (Lipinski definition) is 0. The molecular formula is C18H17NO2. The van der Waals surface area contributed by atoms with Gasteiger partial charge in [0.15, 0.2) is 0 Å². The third-order valence-electron chi connectivity index (χ3n) is 3.22. The Hall–Kier alpha value is -2.55. The summed E-state index contributed by atoms with van der Waals surface area (Å²) in [6.45, 7) is 3.09. The second-order valence-corrected chi connectivity index (χ2v) is 4.87. The van der Waals surface area contributed by atoms with Crippen molar-refractivity contribution in [1.82, 2.24) is 4.98 Å². The average molecular weight is 279 g/mol. The lowest BCUT2D eigenvalue weighted by Gasteiger charge is -2.09. The molecule has 0 fully saturated rings. The van der Waals surface area contributed by atoms with Crippen LogP contribution in [0.15, 0.2) is 60.8 Å². The fourth-order valence-corrected chi connectivity index (χ4v) is 2.10. The van der Waals surface area contributed by atoms with Crippen molar-refractivity contribution in [3.63, 3.8) is 0 Å². The maximum atomic E-state index is 5.71. The fourth-order valence-electron chi connectivity index (χ4n) is 2.10. The van der Waals surface area contributed by atoms with Gasteiger partial charge >= 0.3 is 0 Å². The van der Waals surface area contributed by atoms with Crippen LogP contribution >= 0.6 is 0 Å². The van der Waals surface area contributed by atoms with E-state index in [4.69, 9.17) is 9.47 Å². The van der Waals surface area contributed by atoms with E-state index in [9.17, 15) is 0 Å². The molecular weight excluding hydrogens is 262 g/mol. The van der Waals surface area contributed by atoms with E-state index >= 15 is 0 Å². The van der Waals surface area contributed by atoms with E-state index in [0.29, 0.717) is 13.2 Å². The minimum atomic E-state index is 0.514. The summed E-state index contributed by atoms with van der Waals surface area (Å²) in [5.41, 5.74) is 2.20. The van der Waals surface area contributed by atoms with Gasteiger partial charge in [0.2, 0.25) is 0 Å². The standard InChI is InChI=1S/C18H17NO2/c1-14-4-6-16(7-5-14)20-11-12-21-17-8-9-18-15(13-17)3-2-10-19-18/h2-10,13H,11-12H2,1H3. The number of rotatable bonds is 5. The van der Waals surface area contributed by atoms with Crippen LogP contribution in [0.5, 0.6) is 11.5 Å². The number of aromatic nitrogens is 1. The van der Waals surface area contributed by atoms with Gasteiger partial charge in [0.1, 0.15) is 24.7 Å². The zero-order valence-corrected chi connectivity index (χ0v) is 12.0.